The minimum atomic E-state index is -0.350. The zero-order valence-corrected chi connectivity index (χ0v) is 21.0. The number of anilines is 1. The van der Waals surface area contributed by atoms with Crippen molar-refractivity contribution in [2.75, 3.05) is 18.5 Å². The van der Waals surface area contributed by atoms with Crippen LogP contribution in [-0.2, 0) is 27.4 Å². The number of aryl methyl sites for hydroxylation is 1. The van der Waals surface area contributed by atoms with Crippen LogP contribution < -0.4 is 10.6 Å². The van der Waals surface area contributed by atoms with Gasteiger partial charge in [-0.05, 0) is 31.4 Å². The fourth-order valence-corrected chi connectivity index (χ4v) is 4.04. The molecule has 0 aliphatic carbocycles. The summed E-state index contributed by atoms with van der Waals surface area (Å²) in [4.78, 5) is 37.7. The molecular formula is C25H29ClN6O4. The molecule has 190 valence electrons. The SMILES string of the molecule is CCC(=O)OCc1c(Cl)cccc1CNC(=O)c1cn(-c2nc(NC3CCOCC3)ncc2C)cn1. The molecule has 4 rings (SSSR count). The third-order valence-corrected chi connectivity index (χ3v) is 6.23. The molecule has 0 spiro atoms. The van der Waals surface area contributed by atoms with Gasteiger partial charge in [0.25, 0.3) is 5.91 Å². The number of hydrogen-bond donors (Lipinski definition) is 2. The van der Waals surface area contributed by atoms with Gasteiger partial charge in [-0.2, -0.15) is 4.98 Å². The second kappa shape index (κ2) is 12.0. The van der Waals surface area contributed by atoms with Crippen LogP contribution in [0.3, 0.4) is 0 Å². The molecule has 11 heteroatoms. The Morgan fingerprint density at radius 3 is 2.83 bits per heavy atom. The smallest absolute Gasteiger partial charge is 0.305 e. The first kappa shape index (κ1) is 25.6. The second-order valence-corrected chi connectivity index (χ2v) is 8.88. The summed E-state index contributed by atoms with van der Waals surface area (Å²) in [5, 5.41) is 6.69. The molecule has 10 nitrogen and oxygen atoms in total. The summed E-state index contributed by atoms with van der Waals surface area (Å²) in [7, 11) is 0. The van der Waals surface area contributed by atoms with Crippen LogP contribution in [0.2, 0.25) is 5.02 Å². The van der Waals surface area contributed by atoms with E-state index >= 15 is 0 Å². The van der Waals surface area contributed by atoms with Crippen LogP contribution in [0.4, 0.5) is 5.95 Å². The predicted molar refractivity (Wildman–Crippen MR) is 134 cm³/mol. The number of nitrogens with zero attached hydrogens (tertiary/aromatic N) is 4. The maximum Gasteiger partial charge on any atom is 0.305 e. The van der Waals surface area contributed by atoms with E-state index < -0.39 is 0 Å². The lowest BCUT2D eigenvalue weighted by Crippen LogP contribution is -2.28. The van der Waals surface area contributed by atoms with Gasteiger partial charge in [-0.15, -0.1) is 0 Å². The number of benzene rings is 1. The first-order valence-corrected chi connectivity index (χ1v) is 12.2. The van der Waals surface area contributed by atoms with Crippen molar-refractivity contribution >= 4 is 29.4 Å². The van der Waals surface area contributed by atoms with Crippen LogP contribution >= 0.6 is 11.6 Å². The van der Waals surface area contributed by atoms with Gasteiger partial charge in [-0.1, -0.05) is 30.7 Å². The van der Waals surface area contributed by atoms with E-state index in [9.17, 15) is 9.59 Å². The molecule has 0 bridgehead atoms. The van der Waals surface area contributed by atoms with Gasteiger partial charge >= 0.3 is 5.97 Å². The van der Waals surface area contributed by atoms with Crippen molar-refractivity contribution in [1.82, 2.24) is 24.8 Å². The summed E-state index contributed by atoms with van der Waals surface area (Å²) in [6, 6.07) is 5.60. The first-order chi connectivity index (χ1) is 17.4. The first-order valence-electron chi connectivity index (χ1n) is 11.9. The largest absolute Gasteiger partial charge is 0.461 e. The Bertz CT molecular complexity index is 1230. The van der Waals surface area contributed by atoms with Gasteiger partial charge in [0, 0.05) is 60.8 Å². The summed E-state index contributed by atoms with van der Waals surface area (Å²) in [6.07, 6.45) is 7.00. The molecule has 2 N–H and O–H groups in total. The number of amides is 1. The van der Waals surface area contributed by atoms with Crippen molar-refractivity contribution in [2.24, 2.45) is 0 Å². The molecule has 3 heterocycles. The number of ether oxygens (including phenoxy) is 2. The van der Waals surface area contributed by atoms with Crippen molar-refractivity contribution in [3.05, 3.63) is 64.3 Å². The average Bonchev–Trinajstić information content (AvgIpc) is 3.38. The van der Waals surface area contributed by atoms with E-state index in [4.69, 9.17) is 21.1 Å². The Balaban J connectivity index is 1.43. The lowest BCUT2D eigenvalue weighted by atomic mass is 10.1. The zero-order chi connectivity index (χ0) is 25.5. The van der Waals surface area contributed by atoms with Gasteiger partial charge in [0.05, 0.1) is 0 Å². The molecule has 0 saturated carbocycles. The van der Waals surface area contributed by atoms with Crippen LogP contribution in [-0.4, -0.2) is 50.7 Å². The lowest BCUT2D eigenvalue weighted by molar-refractivity contribution is -0.144. The van der Waals surface area contributed by atoms with E-state index in [2.05, 4.69) is 25.6 Å². The van der Waals surface area contributed by atoms with Crippen molar-refractivity contribution in [3.8, 4) is 5.82 Å². The predicted octanol–water partition coefficient (Wildman–Crippen LogP) is 3.60. The molecule has 1 aliphatic rings. The summed E-state index contributed by atoms with van der Waals surface area (Å²) in [6.45, 7) is 5.31. The number of aromatic nitrogens is 4. The number of nitrogens with one attached hydrogen (secondary N) is 2. The van der Waals surface area contributed by atoms with Gasteiger partial charge in [-0.3, -0.25) is 14.2 Å². The molecule has 36 heavy (non-hydrogen) atoms. The van der Waals surface area contributed by atoms with E-state index in [0.717, 1.165) is 37.2 Å². The van der Waals surface area contributed by atoms with Crippen molar-refractivity contribution < 1.29 is 19.1 Å². The number of carbonyl (C=O) groups is 2. The van der Waals surface area contributed by atoms with E-state index in [1.54, 1.807) is 42.3 Å². The summed E-state index contributed by atoms with van der Waals surface area (Å²) in [5.41, 5.74) is 2.51. The second-order valence-electron chi connectivity index (χ2n) is 8.47. The third-order valence-electron chi connectivity index (χ3n) is 5.88. The maximum absolute atomic E-state index is 12.8. The topological polar surface area (TPSA) is 120 Å². The van der Waals surface area contributed by atoms with E-state index in [1.165, 1.54) is 0 Å². The standard InChI is InChI=1S/C25H29ClN6O4/c1-3-22(33)36-14-19-17(5-4-6-20(19)26)12-27-24(34)21-13-32(15-29-21)23-16(2)11-28-25(31-23)30-18-7-9-35-10-8-18/h4-6,11,13,15,18H,3,7-10,12,14H2,1-2H3,(H,27,34)(H,28,30,31). The molecule has 3 aromatic rings. The Kier molecular flexibility index (Phi) is 8.50. The maximum atomic E-state index is 12.8. The Hall–Kier alpha value is -3.50. The fourth-order valence-electron chi connectivity index (χ4n) is 3.80. The molecule has 2 aromatic heterocycles. The highest BCUT2D eigenvalue weighted by Crippen LogP contribution is 2.22. The zero-order valence-electron chi connectivity index (χ0n) is 20.3. The minimum Gasteiger partial charge on any atom is -0.461 e. The number of rotatable bonds is 9. The van der Waals surface area contributed by atoms with E-state index in [-0.39, 0.29) is 43.2 Å². The molecular weight excluding hydrogens is 484 g/mol. The highest BCUT2D eigenvalue weighted by molar-refractivity contribution is 6.31. The number of esters is 1. The molecule has 0 radical (unpaired) electrons. The number of carbonyl (C=O) groups excluding carboxylic acids is 2. The number of halogens is 1. The molecule has 1 aromatic carbocycles. The molecule has 1 fully saturated rings. The van der Waals surface area contributed by atoms with Gasteiger partial charge in [0.15, 0.2) is 0 Å². The van der Waals surface area contributed by atoms with Gasteiger partial charge < -0.3 is 20.1 Å². The Labute approximate surface area is 214 Å². The van der Waals surface area contributed by atoms with E-state index in [1.807, 2.05) is 13.0 Å². The molecule has 0 atom stereocenters. The molecule has 1 amide bonds. The van der Waals surface area contributed by atoms with Gasteiger partial charge in [0.2, 0.25) is 5.95 Å². The van der Waals surface area contributed by atoms with E-state index in [0.29, 0.717) is 22.4 Å². The van der Waals surface area contributed by atoms with Crippen molar-refractivity contribution in [2.45, 2.75) is 52.3 Å². The van der Waals surface area contributed by atoms with Gasteiger partial charge in [0.1, 0.15) is 24.4 Å². The van der Waals surface area contributed by atoms with Gasteiger partial charge in [-0.25, -0.2) is 9.97 Å². The molecule has 0 unspecified atom stereocenters. The van der Waals surface area contributed by atoms with Crippen LogP contribution in [0.5, 0.6) is 0 Å². The average molecular weight is 513 g/mol. The highest BCUT2D eigenvalue weighted by atomic mass is 35.5. The lowest BCUT2D eigenvalue weighted by Gasteiger charge is -2.23. The molecule has 1 aliphatic heterocycles. The summed E-state index contributed by atoms with van der Waals surface area (Å²) >= 11 is 6.31. The van der Waals surface area contributed by atoms with Crippen LogP contribution in [0.1, 0.15) is 53.4 Å². The summed E-state index contributed by atoms with van der Waals surface area (Å²) < 4.78 is 12.3. The normalized spacial score (nSPS) is 13.9. The van der Waals surface area contributed by atoms with Crippen LogP contribution in [0.15, 0.2) is 36.9 Å². The quantitative estimate of drug-likeness (QED) is 0.417. The monoisotopic (exact) mass is 512 g/mol. The minimum absolute atomic E-state index is 0.0451. The third kappa shape index (κ3) is 6.38. The molecule has 1 saturated heterocycles. The Morgan fingerprint density at radius 1 is 1.25 bits per heavy atom. The summed E-state index contributed by atoms with van der Waals surface area (Å²) in [5.74, 6) is 0.500. The number of hydrogen-bond acceptors (Lipinski definition) is 8. The highest BCUT2D eigenvalue weighted by Gasteiger charge is 2.17. The van der Waals surface area contributed by atoms with Crippen LogP contribution in [0.25, 0.3) is 5.82 Å². The van der Waals surface area contributed by atoms with Crippen LogP contribution in [0, 0.1) is 6.92 Å². The number of imidazole rings is 1. The van der Waals surface area contributed by atoms with Crippen molar-refractivity contribution in [3.63, 3.8) is 0 Å². The Morgan fingerprint density at radius 2 is 2.06 bits per heavy atom. The van der Waals surface area contributed by atoms with Crippen molar-refractivity contribution in [1.29, 1.82) is 0 Å². The fraction of sp³-hybridized carbons (Fsp3) is 0.400.